The summed E-state index contributed by atoms with van der Waals surface area (Å²) < 4.78 is 1.94. The maximum absolute atomic E-state index is 4.19. The number of hydrogen-bond donors (Lipinski definition) is 2. The van der Waals surface area contributed by atoms with Crippen molar-refractivity contribution in [1.29, 1.82) is 0 Å². The van der Waals surface area contributed by atoms with Gasteiger partial charge in [0, 0.05) is 39.1 Å². The van der Waals surface area contributed by atoms with E-state index in [1.807, 2.05) is 30.2 Å². The van der Waals surface area contributed by atoms with Crippen LogP contribution in [-0.2, 0) is 6.54 Å². The van der Waals surface area contributed by atoms with E-state index in [0.717, 1.165) is 32.0 Å². The summed E-state index contributed by atoms with van der Waals surface area (Å²) in [6.07, 6.45) is 8.54. The van der Waals surface area contributed by atoms with E-state index < -0.39 is 0 Å². The molecule has 0 radical (unpaired) electrons. The van der Waals surface area contributed by atoms with Crippen LogP contribution in [0.25, 0.3) is 0 Å². The molecular formula is C13H25N5. The fourth-order valence-corrected chi connectivity index (χ4v) is 1.68. The van der Waals surface area contributed by atoms with Crippen LogP contribution >= 0.6 is 0 Å². The molecule has 102 valence electrons. The lowest BCUT2D eigenvalue weighted by molar-refractivity contribution is 0.569. The van der Waals surface area contributed by atoms with E-state index in [2.05, 4.69) is 27.6 Å². The minimum absolute atomic E-state index is 0.895. The monoisotopic (exact) mass is 251 g/mol. The van der Waals surface area contributed by atoms with Crippen LogP contribution in [0.15, 0.2) is 23.5 Å². The highest BCUT2D eigenvalue weighted by Crippen LogP contribution is 1.91. The van der Waals surface area contributed by atoms with Crippen LogP contribution in [0.4, 0.5) is 0 Å². The Balaban J connectivity index is 2.05. The zero-order valence-corrected chi connectivity index (χ0v) is 11.5. The van der Waals surface area contributed by atoms with Gasteiger partial charge in [-0.15, -0.1) is 0 Å². The highest BCUT2D eigenvalue weighted by molar-refractivity contribution is 5.79. The van der Waals surface area contributed by atoms with Gasteiger partial charge in [0.05, 0.1) is 0 Å². The van der Waals surface area contributed by atoms with Gasteiger partial charge >= 0.3 is 0 Å². The summed E-state index contributed by atoms with van der Waals surface area (Å²) in [4.78, 5) is 4.19. The number of rotatable bonds is 8. The molecular weight excluding hydrogens is 226 g/mol. The third kappa shape index (κ3) is 6.27. The Morgan fingerprint density at radius 1 is 1.22 bits per heavy atom. The maximum Gasteiger partial charge on any atom is 0.190 e. The highest BCUT2D eigenvalue weighted by atomic mass is 15.3. The van der Waals surface area contributed by atoms with Gasteiger partial charge in [-0.05, 0) is 18.9 Å². The summed E-state index contributed by atoms with van der Waals surface area (Å²) >= 11 is 0. The lowest BCUT2D eigenvalue weighted by Crippen LogP contribution is -2.38. The Kier molecular flexibility index (Phi) is 7.68. The van der Waals surface area contributed by atoms with Crippen molar-refractivity contribution < 1.29 is 0 Å². The minimum Gasteiger partial charge on any atom is -0.356 e. The van der Waals surface area contributed by atoms with Crippen LogP contribution in [-0.4, -0.2) is 35.9 Å². The molecule has 0 unspecified atom stereocenters. The van der Waals surface area contributed by atoms with Crippen LogP contribution in [0.3, 0.4) is 0 Å². The zero-order chi connectivity index (χ0) is 13.1. The van der Waals surface area contributed by atoms with E-state index in [1.54, 1.807) is 0 Å². The summed E-state index contributed by atoms with van der Waals surface area (Å²) in [6.45, 7) is 5.05. The van der Waals surface area contributed by atoms with Gasteiger partial charge in [0.1, 0.15) is 0 Å². The largest absolute Gasteiger partial charge is 0.356 e. The van der Waals surface area contributed by atoms with Crippen molar-refractivity contribution >= 4 is 5.96 Å². The van der Waals surface area contributed by atoms with Crippen LogP contribution in [0, 0.1) is 0 Å². The molecule has 0 amide bonds. The summed E-state index contributed by atoms with van der Waals surface area (Å²) in [5.74, 6) is 0.895. The SMILES string of the molecule is CCCCCNC(=NC)NCCCn1cccn1. The topological polar surface area (TPSA) is 54.2 Å². The predicted octanol–water partition coefficient (Wildman–Crippen LogP) is 1.63. The van der Waals surface area contributed by atoms with Crippen molar-refractivity contribution in [2.24, 2.45) is 4.99 Å². The van der Waals surface area contributed by atoms with Crippen LogP contribution in [0.1, 0.15) is 32.6 Å². The second-order valence-corrected chi connectivity index (χ2v) is 4.26. The first-order chi connectivity index (χ1) is 8.86. The molecule has 0 saturated heterocycles. The molecule has 0 bridgehead atoms. The van der Waals surface area contributed by atoms with Crippen molar-refractivity contribution in [2.75, 3.05) is 20.1 Å². The van der Waals surface area contributed by atoms with Crippen LogP contribution in [0.5, 0.6) is 0 Å². The Morgan fingerprint density at radius 3 is 2.61 bits per heavy atom. The smallest absolute Gasteiger partial charge is 0.190 e. The van der Waals surface area contributed by atoms with E-state index in [0.29, 0.717) is 0 Å². The molecule has 18 heavy (non-hydrogen) atoms. The average molecular weight is 251 g/mol. The minimum atomic E-state index is 0.895. The van der Waals surface area contributed by atoms with Gasteiger partial charge in [-0.25, -0.2) is 0 Å². The number of unbranched alkanes of at least 4 members (excludes halogenated alkanes) is 2. The van der Waals surface area contributed by atoms with Crippen molar-refractivity contribution in [3.05, 3.63) is 18.5 Å². The molecule has 0 fully saturated rings. The number of aliphatic imine (C=N–C) groups is 1. The normalized spacial score (nSPS) is 11.6. The number of nitrogens with zero attached hydrogens (tertiary/aromatic N) is 3. The van der Waals surface area contributed by atoms with Crippen LogP contribution in [0.2, 0.25) is 0 Å². The molecule has 0 aromatic carbocycles. The molecule has 1 aromatic heterocycles. The number of aromatic nitrogens is 2. The number of aryl methyl sites for hydroxylation is 1. The third-order valence-corrected chi connectivity index (χ3v) is 2.71. The predicted molar refractivity (Wildman–Crippen MR) is 75.7 cm³/mol. The molecule has 5 heteroatoms. The molecule has 0 aliphatic heterocycles. The molecule has 1 heterocycles. The van der Waals surface area contributed by atoms with E-state index in [-0.39, 0.29) is 0 Å². The fourth-order valence-electron chi connectivity index (χ4n) is 1.68. The molecule has 5 nitrogen and oxygen atoms in total. The molecule has 0 aliphatic rings. The molecule has 0 saturated carbocycles. The number of hydrogen-bond acceptors (Lipinski definition) is 2. The van der Waals surface area contributed by atoms with Gasteiger partial charge in [-0.2, -0.15) is 5.10 Å². The van der Waals surface area contributed by atoms with Gasteiger partial charge in [0.2, 0.25) is 0 Å². The second-order valence-electron chi connectivity index (χ2n) is 4.26. The van der Waals surface area contributed by atoms with Crippen molar-refractivity contribution in [1.82, 2.24) is 20.4 Å². The zero-order valence-electron chi connectivity index (χ0n) is 11.5. The van der Waals surface area contributed by atoms with Crippen molar-refractivity contribution in [3.63, 3.8) is 0 Å². The number of nitrogens with one attached hydrogen (secondary N) is 2. The van der Waals surface area contributed by atoms with E-state index in [1.165, 1.54) is 19.3 Å². The standard InChI is InChI=1S/C13H25N5/c1-3-4-5-8-15-13(14-2)16-9-6-11-18-12-7-10-17-18/h7,10,12H,3-6,8-9,11H2,1-2H3,(H2,14,15,16). The van der Waals surface area contributed by atoms with Gasteiger partial charge in [-0.1, -0.05) is 19.8 Å². The molecule has 0 spiro atoms. The molecule has 0 atom stereocenters. The lowest BCUT2D eigenvalue weighted by atomic mass is 10.2. The summed E-state index contributed by atoms with van der Waals surface area (Å²) in [5, 5.41) is 10.8. The second kappa shape index (κ2) is 9.50. The first kappa shape index (κ1) is 14.5. The fraction of sp³-hybridized carbons (Fsp3) is 0.692. The summed E-state index contributed by atoms with van der Waals surface area (Å²) in [5.41, 5.74) is 0. The average Bonchev–Trinajstić information content (AvgIpc) is 2.90. The van der Waals surface area contributed by atoms with Gasteiger partial charge in [0.25, 0.3) is 0 Å². The van der Waals surface area contributed by atoms with E-state index in [4.69, 9.17) is 0 Å². The lowest BCUT2D eigenvalue weighted by Gasteiger charge is -2.11. The van der Waals surface area contributed by atoms with Gasteiger partial charge in [0.15, 0.2) is 5.96 Å². The van der Waals surface area contributed by atoms with Gasteiger partial charge < -0.3 is 10.6 Å². The van der Waals surface area contributed by atoms with E-state index >= 15 is 0 Å². The van der Waals surface area contributed by atoms with Gasteiger partial charge in [-0.3, -0.25) is 9.67 Å². The molecule has 1 rings (SSSR count). The Labute approximate surface area is 110 Å². The summed E-state index contributed by atoms with van der Waals surface area (Å²) in [6, 6.07) is 1.95. The van der Waals surface area contributed by atoms with Crippen molar-refractivity contribution in [3.8, 4) is 0 Å². The first-order valence-electron chi connectivity index (χ1n) is 6.78. The molecule has 0 aliphatic carbocycles. The van der Waals surface area contributed by atoms with E-state index in [9.17, 15) is 0 Å². The Morgan fingerprint density at radius 2 is 2.00 bits per heavy atom. The van der Waals surface area contributed by atoms with Crippen LogP contribution < -0.4 is 10.6 Å². The quantitative estimate of drug-likeness (QED) is 0.419. The Hall–Kier alpha value is -1.52. The summed E-state index contributed by atoms with van der Waals surface area (Å²) in [7, 11) is 1.81. The Bertz CT molecular complexity index is 318. The first-order valence-corrected chi connectivity index (χ1v) is 6.78. The number of guanidine groups is 1. The van der Waals surface area contributed by atoms with Crippen molar-refractivity contribution in [2.45, 2.75) is 39.2 Å². The molecule has 1 aromatic rings. The highest BCUT2D eigenvalue weighted by Gasteiger charge is 1.96. The maximum atomic E-state index is 4.19. The third-order valence-electron chi connectivity index (χ3n) is 2.71. The molecule has 2 N–H and O–H groups in total.